The Morgan fingerprint density at radius 3 is 1.52 bits per heavy atom. The maximum Gasteiger partial charge on any atom is 0.139 e. The van der Waals surface area contributed by atoms with Crippen molar-refractivity contribution >= 4 is 22.1 Å². The number of nitrogens with zero attached hydrogens (tertiary/aromatic N) is 3. The summed E-state index contributed by atoms with van der Waals surface area (Å²) in [7, 11) is 0. The van der Waals surface area contributed by atoms with Gasteiger partial charge in [0.25, 0.3) is 0 Å². The van der Waals surface area contributed by atoms with E-state index in [9.17, 15) is 0 Å². The Kier molecular flexibility index (Phi) is 4.35. The Bertz CT molecular complexity index is 1180. The highest BCUT2D eigenvalue weighted by Crippen LogP contribution is 2.31. The first-order chi connectivity index (χ1) is 14.4. The topological polar surface area (TPSA) is 86.0 Å². The monoisotopic (exact) mass is 378 g/mol. The molecule has 0 aliphatic rings. The lowest BCUT2D eigenvalue weighted by Gasteiger charge is -2.04. The molecule has 0 saturated heterocycles. The van der Waals surface area contributed by atoms with Crippen LogP contribution in [0.25, 0.3) is 44.8 Å². The van der Waals surface area contributed by atoms with Gasteiger partial charge in [-0.05, 0) is 24.3 Å². The third-order valence-corrected chi connectivity index (χ3v) is 4.62. The Balaban J connectivity index is 0.000000319. The van der Waals surface area contributed by atoms with Gasteiger partial charge in [0.15, 0.2) is 0 Å². The van der Waals surface area contributed by atoms with Gasteiger partial charge in [-0.2, -0.15) is 0 Å². The van der Waals surface area contributed by atoms with Crippen LogP contribution < -0.4 is 0 Å². The van der Waals surface area contributed by atoms with Crippen LogP contribution in [0.3, 0.4) is 0 Å². The fraction of sp³-hybridized carbons (Fsp3) is 0. The van der Waals surface area contributed by atoms with E-state index in [0.29, 0.717) is 0 Å². The second-order valence-corrected chi connectivity index (χ2v) is 6.51. The number of imidazole rings is 3. The van der Waals surface area contributed by atoms with Crippen LogP contribution in [-0.2, 0) is 0 Å². The van der Waals surface area contributed by atoms with E-state index in [1.54, 1.807) is 18.7 Å². The summed E-state index contributed by atoms with van der Waals surface area (Å²) < 4.78 is 0. The minimum Gasteiger partial charge on any atom is -0.351 e. The summed E-state index contributed by atoms with van der Waals surface area (Å²) in [5, 5.41) is 0. The molecule has 0 atom stereocenters. The van der Waals surface area contributed by atoms with Gasteiger partial charge in [0.2, 0.25) is 0 Å². The maximum atomic E-state index is 4.73. The summed E-state index contributed by atoms with van der Waals surface area (Å²) in [5.74, 6) is 1.71. The van der Waals surface area contributed by atoms with Crippen molar-refractivity contribution in [2.45, 2.75) is 0 Å². The van der Waals surface area contributed by atoms with E-state index in [4.69, 9.17) is 9.97 Å². The molecular weight excluding hydrogens is 360 g/mol. The summed E-state index contributed by atoms with van der Waals surface area (Å²) in [5.41, 5.74) is 6.07. The number of aromatic amines is 3. The second-order valence-electron chi connectivity index (χ2n) is 6.51. The van der Waals surface area contributed by atoms with Crippen LogP contribution in [0.2, 0.25) is 0 Å². The number of rotatable bonds is 2. The van der Waals surface area contributed by atoms with Crippen molar-refractivity contribution in [1.82, 2.24) is 29.9 Å². The van der Waals surface area contributed by atoms with Crippen LogP contribution in [0.5, 0.6) is 0 Å². The predicted molar refractivity (Wildman–Crippen MR) is 115 cm³/mol. The number of aromatic nitrogens is 6. The highest BCUT2D eigenvalue weighted by atomic mass is 14.9. The van der Waals surface area contributed by atoms with Gasteiger partial charge in [-0.25, -0.2) is 15.0 Å². The Morgan fingerprint density at radius 1 is 0.586 bits per heavy atom. The van der Waals surface area contributed by atoms with E-state index in [1.807, 2.05) is 60.7 Å². The molecule has 0 aliphatic carbocycles. The smallest absolute Gasteiger partial charge is 0.139 e. The van der Waals surface area contributed by atoms with Crippen molar-refractivity contribution in [3.63, 3.8) is 0 Å². The zero-order chi connectivity index (χ0) is 19.5. The highest BCUT2D eigenvalue weighted by molar-refractivity contribution is 5.87. The lowest BCUT2D eigenvalue weighted by atomic mass is 10.1. The molecule has 3 heterocycles. The molecule has 140 valence electrons. The molecule has 0 bridgehead atoms. The number of fused-ring (bicyclic) bond motifs is 2. The molecule has 0 spiro atoms. The molecule has 3 aromatic carbocycles. The van der Waals surface area contributed by atoms with Crippen LogP contribution in [0, 0.1) is 0 Å². The average molecular weight is 378 g/mol. The number of nitrogens with one attached hydrogen (secondary N) is 3. The number of hydrogen-bond acceptors (Lipinski definition) is 3. The van der Waals surface area contributed by atoms with Gasteiger partial charge in [-0.15, -0.1) is 0 Å². The third-order valence-electron chi connectivity index (χ3n) is 4.62. The van der Waals surface area contributed by atoms with Gasteiger partial charge in [0.1, 0.15) is 11.6 Å². The summed E-state index contributed by atoms with van der Waals surface area (Å²) in [4.78, 5) is 22.7. The van der Waals surface area contributed by atoms with E-state index in [-0.39, 0.29) is 0 Å². The average Bonchev–Trinajstić information content (AvgIpc) is 3.54. The number of hydrogen-bond donors (Lipinski definition) is 3. The summed E-state index contributed by atoms with van der Waals surface area (Å²) in [6, 6.07) is 24.3. The van der Waals surface area contributed by atoms with E-state index < -0.39 is 0 Å². The van der Waals surface area contributed by atoms with Crippen molar-refractivity contribution in [1.29, 1.82) is 0 Å². The molecular formula is C23H18N6. The summed E-state index contributed by atoms with van der Waals surface area (Å²) >= 11 is 0. The Hall–Kier alpha value is -4.19. The van der Waals surface area contributed by atoms with Crippen LogP contribution in [0.15, 0.2) is 91.5 Å². The van der Waals surface area contributed by atoms with Gasteiger partial charge in [0.05, 0.1) is 28.4 Å². The zero-order valence-electron chi connectivity index (χ0n) is 15.5. The number of H-pyrrole nitrogens is 3. The van der Waals surface area contributed by atoms with E-state index in [0.717, 1.165) is 44.8 Å². The third kappa shape index (κ3) is 3.39. The van der Waals surface area contributed by atoms with E-state index >= 15 is 0 Å². The van der Waals surface area contributed by atoms with Gasteiger partial charge in [-0.3, -0.25) is 0 Å². The molecule has 3 aromatic heterocycles. The second kappa shape index (κ2) is 7.44. The molecule has 0 amide bonds. The predicted octanol–water partition coefficient (Wildman–Crippen LogP) is 5.18. The van der Waals surface area contributed by atoms with Gasteiger partial charge >= 0.3 is 0 Å². The normalized spacial score (nSPS) is 10.8. The zero-order valence-corrected chi connectivity index (χ0v) is 15.5. The molecule has 6 heteroatoms. The molecule has 0 radical (unpaired) electrons. The van der Waals surface area contributed by atoms with Crippen LogP contribution in [0.1, 0.15) is 0 Å². The minimum atomic E-state index is 0.854. The summed E-state index contributed by atoms with van der Waals surface area (Å²) in [6.45, 7) is 0. The van der Waals surface area contributed by atoms with Gasteiger partial charge < -0.3 is 15.0 Å². The number of benzene rings is 3. The maximum absolute atomic E-state index is 4.73. The van der Waals surface area contributed by atoms with Crippen LogP contribution in [0.4, 0.5) is 0 Å². The Morgan fingerprint density at radius 2 is 1.10 bits per heavy atom. The first kappa shape index (κ1) is 16.9. The standard InChI is InChI=1S/C20H14N4.C3H4N2/c1-2-8-14(20-23-17-11-5-6-12-18(17)24-20)13(7-1)19-21-15-9-3-4-10-16(15)22-19;1-2-5-3-4-1/h1-12H,(H,21,22)(H,23,24);1-3H,(H,4,5). The van der Waals surface area contributed by atoms with Crippen molar-refractivity contribution < 1.29 is 0 Å². The van der Waals surface area contributed by atoms with Gasteiger partial charge in [0, 0.05) is 23.5 Å². The molecule has 3 N–H and O–H groups in total. The molecule has 6 aromatic rings. The van der Waals surface area contributed by atoms with Crippen molar-refractivity contribution in [2.24, 2.45) is 0 Å². The van der Waals surface area contributed by atoms with Gasteiger partial charge in [-0.1, -0.05) is 48.5 Å². The van der Waals surface area contributed by atoms with Crippen molar-refractivity contribution in [3.05, 3.63) is 91.5 Å². The fourth-order valence-electron chi connectivity index (χ4n) is 3.27. The first-order valence-corrected chi connectivity index (χ1v) is 9.30. The molecule has 6 nitrogen and oxygen atoms in total. The summed E-state index contributed by atoms with van der Waals surface area (Å²) in [6.07, 6.45) is 5.08. The lowest BCUT2D eigenvalue weighted by Crippen LogP contribution is -1.88. The minimum absolute atomic E-state index is 0.854. The first-order valence-electron chi connectivity index (χ1n) is 9.30. The van der Waals surface area contributed by atoms with Crippen molar-refractivity contribution in [2.75, 3.05) is 0 Å². The molecule has 0 unspecified atom stereocenters. The highest BCUT2D eigenvalue weighted by Gasteiger charge is 2.13. The van der Waals surface area contributed by atoms with E-state index in [2.05, 4.69) is 32.1 Å². The van der Waals surface area contributed by atoms with Crippen LogP contribution >= 0.6 is 0 Å². The largest absolute Gasteiger partial charge is 0.351 e. The van der Waals surface area contributed by atoms with E-state index in [1.165, 1.54) is 0 Å². The molecule has 29 heavy (non-hydrogen) atoms. The molecule has 0 aliphatic heterocycles. The fourth-order valence-corrected chi connectivity index (χ4v) is 3.27. The molecule has 0 fully saturated rings. The lowest BCUT2D eigenvalue weighted by molar-refractivity contribution is 1.30. The Labute approximate surface area is 166 Å². The molecule has 0 saturated carbocycles. The van der Waals surface area contributed by atoms with Crippen molar-refractivity contribution in [3.8, 4) is 22.8 Å². The SMILES string of the molecule is c1c[nH]cn1.c1ccc(-c2nc3ccccc3[nH]2)c(-c2nc3ccccc3[nH]2)c1. The van der Waals surface area contributed by atoms with Crippen LogP contribution in [-0.4, -0.2) is 29.9 Å². The molecule has 6 rings (SSSR count). The number of para-hydroxylation sites is 4. The quantitative estimate of drug-likeness (QED) is 0.388.